The quantitative estimate of drug-likeness (QED) is 0.795. The summed E-state index contributed by atoms with van der Waals surface area (Å²) in [6.45, 7) is 16.1. The van der Waals surface area contributed by atoms with Crippen LogP contribution in [0.1, 0.15) is 60.8 Å². The molecule has 0 bridgehead atoms. The van der Waals surface area contributed by atoms with Crippen molar-refractivity contribution in [2.75, 3.05) is 13.1 Å². The second kappa shape index (κ2) is 4.89. The molecule has 0 saturated heterocycles. The van der Waals surface area contributed by atoms with Gasteiger partial charge >= 0.3 is 0 Å². The second-order valence-electron chi connectivity index (χ2n) is 8.48. The Bertz CT molecular complexity index is 252. The molecule has 2 unspecified atom stereocenters. The fourth-order valence-electron chi connectivity index (χ4n) is 3.59. The first-order chi connectivity index (χ1) is 7.52. The molecule has 1 saturated carbocycles. The van der Waals surface area contributed by atoms with Crippen molar-refractivity contribution >= 4 is 0 Å². The molecule has 0 amide bonds. The summed E-state index contributed by atoms with van der Waals surface area (Å²) in [7, 11) is 0. The predicted molar refractivity (Wildman–Crippen MR) is 76.0 cm³/mol. The van der Waals surface area contributed by atoms with E-state index in [1.54, 1.807) is 0 Å². The van der Waals surface area contributed by atoms with E-state index in [0.29, 0.717) is 22.3 Å². The summed E-state index contributed by atoms with van der Waals surface area (Å²) in [4.78, 5) is 0. The van der Waals surface area contributed by atoms with E-state index in [0.717, 1.165) is 19.5 Å². The maximum Gasteiger partial charge on any atom is 0.00495 e. The highest BCUT2D eigenvalue weighted by molar-refractivity contribution is 4.94. The molecule has 3 N–H and O–H groups in total. The van der Waals surface area contributed by atoms with Crippen LogP contribution in [0.25, 0.3) is 0 Å². The van der Waals surface area contributed by atoms with E-state index in [2.05, 4.69) is 46.9 Å². The van der Waals surface area contributed by atoms with Gasteiger partial charge < -0.3 is 11.1 Å². The third-order valence-electron chi connectivity index (χ3n) is 3.68. The van der Waals surface area contributed by atoms with Crippen molar-refractivity contribution in [1.29, 1.82) is 0 Å². The first-order valence-electron chi connectivity index (χ1n) is 6.98. The van der Waals surface area contributed by atoms with E-state index < -0.39 is 0 Å². The van der Waals surface area contributed by atoms with Gasteiger partial charge in [0.2, 0.25) is 0 Å². The van der Waals surface area contributed by atoms with Gasteiger partial charge in [-0.3, -0.25) is 0 Å². The van der Waals surface area contributed by atoms with Gasteiger partial charge in [-0.1, -0.05) is 41.5 Å². The van der Waals surface area contributed by atoms with Gasteiger partial charge in [-0.25, -0.2) is 0 Å². The van der Waals surface area contributed by atoms with E-state index in [-0.39, 0.29) is 0 Å². The van der Waals surface area contributed by atoms with Crippen molar-refractivity contribution in [2.45, 2.75) is 66.8 Å². The molecular formula is C15H32N2. The van der Waals surface area contributed by atoms with Crippen LogP contribution in [0.15, 0.2) is 0 Å². The smallest absolute Gasteiger partial charge is 0.00495 e. The summed E-state index contributed by atoms with van der Waals surface area (Å²) in [6.07, 6.45) is 3.61. The van der Waals surface area contributed by atoms with Crippen molar-refractivity contribution in [1.82, 2.24) is 5.32 Å². The average Bonchev–Trinajstić information content (AvgIpc) is 1.94. The topological polar surface area (TPSA) is 38.0 Å². The van der Waals surface area contributed by atoms with Gasteiger partial charge in [-0.2, -0.15) is 0 Å². The molecule has 1 aliphatic rings. The second-order valence-corrected chi connectivity index (χ2v) is 8.48. The number of hydrogen-bond acceptors (Lipinski definition) is 2. The van der Waals surface area contributed by atoms with Crippen LogP contribution in [-0.2, 0) is 0 Å². The van der Waals surface area contributed by atoms with Crippen molar-refractivity contribution in [3.05, 3.63) is 0 Å². The third kappa shape index (κ3) is 5.39. The van der Waals surface area contributed by atoms with Crippen LogP contribution in [-0.4, -0.2) is 19.1 Å². The molecule has 2 heteroatoms. The van der Waals surface area contributed by atoms with E-state index in [9.17, 15) is 0 Å². The molecule has 1 aliphatic carbocycles. The summed E-state index contributed by atoms with van der Waals surface area (Å²) in [5, 5.41) is 3.64. The zero-order valence-corrected chi connectivity index (χ0v) is 12.7. The van der Waals surface area contributed by atoms with Crippen LogP contribution >= 0.6 is 0 Å². The fourth-order valence-corrected chi connectivity index (χ4v) is 3.59. The number of rotatable bonds is 3. The van der Waals surface area contributed by atoms with Crippen LogP contribution < -0.4 is 11.1 Å². The Morgan fingerprint density at radius 1 is 1.18 bits per heavy atom. The number of nitrogens with one attached hydrogen (secondary N) is 1. The first kappa shape index (κ1) is 15.0. The molecule has 102 valence electrons. The van der Waals surface area contributed by atoms with Gasteiger partial charge in [0.15, 0.2) is 0 Å². The molecule has 2 nitrogen and oxygen atoms in total. The molecule has 0 aromatic rings. The molecule has 0 spiro atoms. The summed E-state index contributed by atoms with van der Waals surface area (Å²) < 4.78 is 0. The van der Waals surface area contributed by atoms with Crippen LogP contribution in [0, 0.1) is 16.2 Å². The Morgan fingerprint density at radius 2 is 1.76 bits per heavy atom. The van der Waals surface area contributed by atoms with Crippen molar-refractivity contribution in [2.24, 2.45) is 22.0 Å². The van der Waals surface area contributed by atoms with Gasteiger partial charge in [-0.05, 0) is 35.5 Å². The normalized spacial score (nSPS) is 33.7. The Kier molecular flexibility index (Phi) is 4.31. The van der Waals surface area contributed by atoms with Gasteiger partial charge in [0.05, 0.1) is 0 Å². The highest BCUT2D eigenvalue weighted by Gasteiger charge is 2.39. The maximum absolute atomic E-state index is 6.22. The Morgan fingerprint density at radius 3 is 2.24 bits per heavy atom. The van der Waals surface area contributed by atoms with E-state index in [1.807, 2.05) is 0 Å². The Hall–Kier alpha value is -0.0800. The minimum atomic E-state index is 0.364. The van der Waals surface area contributed by atoms with Gasteiger partial charge in [0.25, 0.3) is 0 Å². The summed E-state index contributed by atoms with van der Waals surface area (Å²) in [6, 6.07) is 0.375. The lowest BCUT2D eigenvalue weighted by Crippen LogP contribution is -2.47. The molecule has 0 radical (unpaired) electrons. The SMILES string of the molecule is CC(C)(C)CNCC1(C)CC(N)CC(C)(C)C1. The lowest BCUT2D eigenvalue weighted by Gasteiger charge is -2.46. The van der Waals surface area contributed by atoms with Gasteiger partial charge in [-0.15, -0.1) is 0 Å². The van der Waals surface area contributed by atoms with Gasteiger partial charge in [0, 0.05) is 19.1 Å². The lowest BCUT2D eigenvalue weighted by atomic mass is 9.63. The van der Waals surface area contributed by atoms with Crippen molar-refractivity contribution in [3.63, 3.8) is 0 Å². The highest BCUT2D eigenvalue weighted by atomic mass is 14.9. The molecule has 0 aromatic heterocycles. The van der Waals surface area contributed by atoms with Crippen molar-refractivity contribution < 1.29 is 0 Å². The Balaban J connectivity index is 2.50. The van der Waals surface area contributed by atoms with Gasteiger partial charge in [0.1, 0.15) is 0 Å². The minimum absolute atomic E-state index is 0.364. The highest BCUT2D eigenvalue weighted by Crippen LogP contribution is 2.45. The maximum atomic E-state index is 6.22. The average molecular weight is 240 g/mol. The van der Waals surface area contributed by atoms with Crippen LogP contribution in [0.5, 0.6) is 0 Å². The monoisotopic (exact) mass is 240 g/mol. The number of hydrogen-bond donors (Lipinski definition) is 2. The standard InChI is InChI=1S/C15H32N2/c1-13(2,3)10-17-11-15(6)8-12(16)7-14(4,5)9-15/h12,17H,7-11,16H2,1-6H3. The molecule has 17 heavy (non-hydrogen) atoms. The fraction of sp³-hybridized carbons (Fsp3) is 1.00. The van der Waals surface area contributed by atoms with Crippen molar-refractivity contribution in [3.8, 4) is 0 Å². The van der Waals surface area contributed by atoms with E-state index in [1.165, 1.54) is 12.8 Å². The summed E-state index contributed by atoms with van der Waals surface area (Å²) in [5.41, 5.74) is 7.35. The first-order valence-corrected chi connectivity index (χ1v) is 6.98. The van der Waals surface area contributed by atoms with Crippen LogP contribution in [0.4, 0.5) is 0 Å². The molecule has 0 aliphatic heterocycles. The molecule has 1 rings (SSSR count). The third-order valence-corrected chi connectivity index (χ3v) is 3.68. The largest absolute Gasteiger partial charge is 0.328 e. The zero-order valence-electron chi connectivity index (χ0n) is 12.7. The predicted octanol–water partition coefficient (Wildman–Crippen LogP) is 3.17. The lowest BCUT2D eigenvalue weighted by molar-refractivity contribution is 0.0808. The summed E-state index contributed by atoms with van der Waals surface area (Å²) in [5.74, 6) is 0. The molecule has 0 heterocycles. The van der Waals surface area contributed by atoms with E-state index in [4.69, 9.17) is 5.73 Å². The number of nitrogens with two attached hydrogens (primary N) is 1. The Labute approximate surface area is 108 Å². The molecule has 2 atom stereocenters. The van der Waals surface area contributed by atoms with Crippen LogP contribution in [0.3, 0.4) is 0 Å². The molecule has 0 aromatic carbocycles. The zero-order chi connectivity index (χ0) is 13.3. The molecule has 1 fully saturated rings. The minimum Gasteiger partial charge on any atom is -0.328 e. The summed E-state index contributed by atoms with van der Waals surface area (Å²) >= 11 is 0. The van der Waals surface area contributed by atoms with E-state index >= 15 is 0 Å². The van der Waals surface area contributed by atoms with Crippen LogP contribution in [0.2, 0.25) is 0 Å². The molecular weight excluding hydrogens is 208 g/mol.